The van der Waals surface area contributed by atoms with Gasteiger partial charge in [-0.2, -0.15) is 0 Å². The number of tetrazole rings is 1. The molecule has 10 nitrogen and oxygen atoms in total. The molecule has 2 heterocycles. The average molecular weight is 388 g/mol. The molecule has 0 saturated carbocycles. The number of benzene rings is 1. The molecule has 1 aromatic heterocycles. The maximum atomic E-state index is 12.4. The molecule has 28 heavy (non-hydrogen) atoms. The van der Waals surface area contributed by atoms with E-state index in [2.05, 4.69) is 15.5 Å². The van der Waals surface area contributed by atoms with E-state index in [-0.39, 0.29) is 18.6 Å². The summed E-state index contributed by atoms with van der Waals surface area (Å²) in [5.74, 6) is 0.464. The van der Waals surface area contributed by atoms with E-state index in [0.29, 0.717) is 31.9 Å². The van der Waals surface area contributed by atoms with Crippen molar-refractivity contribution in [2.24, 2.45) is 0 Å². The highest BCUT2D eigenvalue weighted by atomic mass is 16.6. The van der Waals surface area contributed by atoms with Crippen LogP contribution in [0.3, 0.4) is 0 Å². The fourth-order valence-electron chi connectivity index (χ4n) is 2.68. The lowest BCUT2D eigenvalue weighted by Crippen LogP contribution is -2.52. The van der Waals surface area contributed by atoms with E-state index < -0.39 is 5.60 Å². The molecule has 0 spiro atoms. The van der Waals surface area contributed by atoms with E-state index in [0.717, 1.165) is 5.69 Å². The summed E-state index contributed by atoms with van der Waals surface area (Å²) >= 11 is 0. The molecule has 0 radical (unpaired) electrons. The first-order valence-electron chi connectivity index (χ1n) is 9.04. The van der Waals surface area contributed by atoms with Gasteiger partial charge in [0, 0.05) is 26.2 Å². The fourth-order valence-corrected chi connectivity index (χ4v) is 2.68. The minimum absolute atomic E-state index is 0.0589. The van der Waals surface area contributed by atoms with E-state index in [1.165, 1.54) is 11.0 Å². The van der Waals surface area contributed by atoms with Crippen LogP contribution >= 0.6 is 0 Å². The lowest BCUT2D eigenvalue weighted by atomic mass is 10.2. The van der Waals surface area contributed by atoms with E-state index >= 15 is 0 Å². The number of amides is 2. The quantitative estimate of drug-likeness (QED) is 0.773. The third kappa shape index (κ3) is 5.18. The summed E-state index contributed by atoms with van der Waals surface area (Å²) in [6.45, 7) is 7.24. The van der Waals surface area contributed by atoms with Crippen LogP contribution in [-0.4, -0.2) is 80.4 Å². The monoisotopic (exact) mass is 388 g/mol. The van der Waals surface area contributed by atoms with Gasteiger partial charge in [0.25, 0.3) is 5.91 Å². The Morgan fingerprint density at radius 2 is 1.68 bits per heavy atom. The van der Waals surface area contributed by atoms with Crippen molar-refractivity contribution in [3.8, 4) is 11.4 Å². The summed E-state index contributed by atoms with van der Waals surface area (Å²) in [6, 6.07) is 7.11. The topological polar surface area (TPSA) is 103 Å². The summed E-state index contributed by atoms with van der Waals surface area (Å²) < 4.78 is 12.5. The number of rotatable bonds is 4. The van der Waals surface area contributed by atoms with Gasteiger partial charge >= 0.3 is 6.09 Å². The number of carbonyl (C=O) groups excluding carboxylic acids is 2. The molecule has 1 fully saturated rings. The molecule has 0 atom stereocenters. The number of nitrogens with zero attached hydrogens (tertiary/aromatic N) is 6. The Morgan fingerprint density at radius 1 is 1.04 bits per heavy atom. The Labute approximate surface area is 163 Å². The second-order valence-electron chi connectivity index (χ2n) is 7.39. The predicted molar refractivity (Wildman–Crippen MR) is 99.0 cm³/mol. The first-order chi connectivity index (χ1) is 13.3. The molecular weight excluding hydrogens is 364 g/mol. The van der Waals surface area contributed by atoms with Crippen molar-refractivity contribution in [1.82, 2.24) is 30.0 Å². The number of piperazine rings is 1. The van der Waals surface area contributed by atoms with Gasteiger partial charge in [0.15, 0.2) is 6.61 Å². The van der Waals surface area contributed by atoms with Crippen LogP contribution in [0.1, 0.15) is 20.8 Å². The zero-order valence-electron chi connectivity index (χ0n) is 16.2. The van der Waals surface area contributed by atoms with Gasteiger partial charge in [0.2, 0.25) is 0 Å². The smallest absolute Gasteiger partial charge is 0.410 e. The number of carbonyl (C=O) groups is 2. The molecule has 3 rings (SSSR count). The van der Waals surface area contributed by atoms with Crippen LogP contribution in [-0.2, 0) is 9.53 Å². The lowest BCUT2D eigenvalue weighted by molar-refractivity contribution is -0.135. The molecule has 2 aromatic rings. The van der Waals surface area contributed by atoms with E-state index in [1.807, 2.05) is 20.8 Å². The Hall–Kier alpha value is -3.17. The summed E-state index contributed by atoms with van der Waals surface area (Å²) in [7, 11) is 0. The summed E-state index contributed by atoms with van der Waals surface area (Å²) in [4.78, 5) is 27.8. The van der Waals surface area contributed by atoms with Crippen LogP contribution in [0.4, 0.5) is 4.79 Å². The van der Waals surface area contributed by atoms with Crippen LogP contribution in [0.15, 0.2) is 30.6 Å². The van der Waals surface area contributed by atoms with Gasteiger partial charge in [-0.1, -0.05) is 0 Å². The largest absolute Gasteiger partial charge is 0.484 e. The molecule has 1 saturated heterocycles. The zero-order chi connectivity index (χ0) is 20.1. The van der Waals surface area contributed by atoms with Crippen LogP contribution in [0, 0.1) is 0 Å². The SMILES string of the molecule is CC(C)(C)OC(=O)N1CCN(C(=O)COc2ccc(-n3cnnn3)cc2)CC1. The molecule has 1 aromatic carbocycles. The molecule has 2 amide bonds. The third-order valence-corrected chi connectivity index (χ3v) is 4.10. The predicted octanol–water partition coefficient (Wildman–Crippen LogP) is 1.12. The van der Waals surface area contributed by atoms with Gasteiger partial charge in [0.05, 0.1) is 5.69 Å². The molecule has 0 N–H and O–H groups in total. The number of hydrogen-bond acceptors (Lipinski definition) is 7. The second kappa shape index (κ2) is 8.24. The molecule has 1 aliphatic heterocycles. The van der Waals surface area contributed by atoms with Gasteiger partial charge in [-0.25, -0.2) is 9.48 Å². The van der Waals surface area contributed by atoms with Crippen LogP contribution < -0.4 is 4.74 Å². The van der Waals surface area contributed by atoms with Crippen molar-refractivity contribution in [2.75, 3.05) is 32.8 Å². The van der Waals surface area contributed by atoms with Gasteiger partial charge < -0.3 is 19.3 Å². The maximum absolute atomic E-state index is 12.4. The number of aromatic nitrogens is 4. The normalized spacial score (nSPS) is 14.7. The highest BCUT2D eigenvalue weighted by Crippen LogP contribution is 2.15. The van der Waals surface area contributed by atoms with Gasteiger partial charge in [-0.3, -0.25) is 4.79 Å². The van der Waals surface area contributed by atoms with Crippen LogP contribution in [0.5, 0.6) is 5.75 Å². The van der Waals surface area contributed by atoms with Crippen molar-refractivity contribution in [3.63, 3.8) is 0 Å². The molecule has 150 valence electrons. The number of ether oxygens (including phenoxy) is 2. The van der Waals surface area contributed by atoms with Crippen molar-refractivity contribution in [3.05, 3.63) is 30.6 Å². The van der Waals surface area contributed by atoms with Crippen molar-refractivity contribution in [2.45, 2.75) is 26.4 Å². The molecule has 1 aliphatic rings. The van der Waals surface area contributed by atoms with E-state index in [1.54, 1.807) is 34.1 Å². The third-order valence-electron chi connectivity index (χ3n) is 4.10. The number of hydrogen-bond donors (Lipinski definition) is 0. The van der Waals surface area contributed by atoms with Crippen LogP contribution in [0.2, 0.25) is 0 Å². The first-order valence-corrected chi connectivity index (χ1v) is 9.04. The summed E-state index contributed by atoms with van der Waals surface area (Å²) in [5, 5.41) is 11.0. The average Bonchev–Trinajstić information content (AvgIpc) is 3.20. The molecule has 0 aliphatic carbocycles. The molecule has 0 bridgehead atoms. The van der Waals surface area contributed by atoms with Gasteiger partial charge in [0.1, 0.15) is 17.7 Å². The highest BCUT2D eigenvalue weighted by molar-refractivity contribution is 5.78. The van der Waals surface area contributed by atoms with Crippen molar-refractivity contribution >= 4 is 12.0 Å². The van der Waals surface area contributed by atoms with Gasteiger partial charge in [-0.15, -0.1) is 5.10 Å². The molecular formula is C18H24N6O4. The van der Waals surface area contributed by atoms with Crippen molar-refractivity contribution in [1.29, 1.82) is 0 Å². The van der Waals surface area contributed by atoms with Crippen molar-refractivity contribution < 1.29 is 19.1 Å². The van der Waals surface area contributed by atoms with E-state index in [4.69, 9.17) is 9.47 Å². The fraction of sp³-hybridized carbons (Fsp3) is 0.500. The van der Waals surface area contributed by atoms with E-state index in [9.17, 15) is 9.59 Å². The maximum Gasteiger partial charge on any atom is 0.410 e. The Kier molecular flexibility index (Phi) is 5.76. The Morgan fingerprint density at radius 3 is 2.25 bits per heavy atom. The molecule has 10 heteroatoms. The summed E-state index contributed by atoms with van der Waals surface area (Å²) in [5.41, 5.74) is 0.264. The zero-order valence-corrected chi connectivity index (χ0v) is 16.2. The first kappa shape index (κ1) is 19.6. The van der Waals surface area contributed by atoms with Crippen LogP contribution in [0.25, 0.3) is 5.69 Å². The Bertz CT molecular complexity index is 792. The summed E-state index contributed by atoms with van der Waals surface area (Å²) in [6.07, 6.45) is 1.15. The lowest BCUT2D eigenvalue weighted by Gasteiger charge is -2.35. The van der Waals surface area contributed by atoms with Gasteiger partial charge in [-0.05, 0) is 55.5 Å². The Balaban J connectivity index is 1.44. The standard InChI is InChI=1S/C18H24N6O4/c1-18(2,3)28-17(26)23-10-8-22(9-11-23)16(25)12-27-15-6-4-14(5-7-15)24-13-19-20-21-24/h4-7,13H,8-12H2,1-3H3. The molecule has 0 unspecified atom stereocenters. The minimum atomic E-state index is -0.530. The highest BCUT2D eigenvalue weighted by Gasteiger charge is 2.27. The second-order valence-corrected chi connectivity index (χ2v) is 7.39. The minimum Gasteiger partial charge on any atom is -0.484 e.